The number of aryl methyl sites for hydroxylation is 1. The van der Waals surface area contributed by atoms with Gasteiger partial charge in [-0.1, -0.05) is 0 Å². The highest BCUT2D eigenvalue weighted by atomic mass is 16.5. The molecule has 80 valence electrons. The lowest BCUT2D eigenvalue weighted by molar-refractivity contribution is 0.0523. The molecule has 0 amide bonds. The van der Waals surface area contributed by atoms with Gasteiger partial charge in [0, 0.05) is 0 Å². The monoisotopic (exact) mass is 209 g/mol. The molecular formula is C10H11NO4. The smallest absolute Gasteiger partial charge is 0.354 e. The summed E-state index contributed by atoms with van der Waals surface area (Å²) < 4.78 is 4.78. The average molecular weight is 209 g/mol. The van der Waals surface area contributed by atoms with Crippen LogP contribution >= 0.6 is 0 Å². The highest BCUT2D eigenvalue weighted by Crippen LogP contribution is 2.08. The van der Waals surface area contributed by atoms with E-state index < -0.39 is 11.9 Å². The fourth-order valence-electron chi connectivity index (χ4n) is 1.10. The maximum atomic E-state index is 11.3. The Labute approximate surface area is 86.7 Å². The summed E-state index contributed by atoms with van der Waals surface area (Å²) in [6.45, 7) is 3.55. The van der Waals surface area contributed by atoms with Crippen molar-refractivity contribution in [3.8, 4) is 0 Å². The molecule has 1 aromatic heterocycles. The molecule has 0 atom stereocenters. The van der Waals surface area contributed by atoms with Crippen molar-refractivity contribution in [1.29, 1.82) is 0 Å². The van der Waals surface area contributed by atoms with E-state index in [1.54, 1.807) is 13.8 Å². The first kappa shape index (κ1) is 11.2. The number of aromatic carboxylic acids is 1. The summed E-state index contributed by atoms with van der Waals surface area (Å²) >= 11 is 0. The van der Waals surface area contributed by atoms with E-state index in [2.05, 4.69) is 4.98 Å². The molecule has 0 saturated heterocycles. The minimum absolute atomic E-state index is 0.0828. The second kappa shape index (κ2) is 4.54. The number of pyridine rings is 1. The van der Waals surface area contributed by atoms with Crippen LogP contribution in [0.1, 0.15) is 33.5 Å². The van der Waals surface area contributed by atoms with Crippen molar-refractivity contribution in [1.82, 2.24) is 4.98 Å². The molecule has 1 N–H and O–H groups in total. The normalized spacial score (nSPS) is 9.73. The number of hydrogen-bond acceptors (Lipinski definition) is 4. The van der Waals surface area contributed by atoms with Gasteiger partial charge in [0.15, 0.2) is 0 Å². The van der Waals surface area contributed by atoms with Crippen LogP contribution in [-0.2, 0) is 4.74 Å². The molecule has 0 aliphatic carbocycles. The SMILES string of the molecule is CCOC(=O)c1ccc(C(=O)O)nc1C. The zero-order chi connectivity index (χ0) is 11.4. The van der Waals surface area contributed by atoms with Crippen molar-refractivity contribution in [3.05, 3.63) is 29.1 Å². The third kappa shape index (κ3) is 2.52. The lowest BCUT2D eigenvalue weighted by Gasteiger charge is -2.04. The topological polar surface area (TPSA) is 76.5 Å². The van der Waals surface area contributed by atoms with Gasteiger partial charge in [0.05, 0.1) is 17.9 Å². The number of nitrogens with zero attached hydrogens (tertiary/aromatic N) is 1. The number of carbonyl (C=O) groups excluding carboxylic acids is 1. The molecule has 5 nitrogen and oxygen atoms in total. The number of hydrogen-bond donors (Lipinski definition) is 1. The van der Waals surface area contributed by atoms with E-state index >= 15 is 0 Å². The fraction of sp³-hybridized carbons (Fsp3) is 0.300. The summed E-state index contributed by atoms with van der Waals surface area (Å²) in [6.07, 6.45) is 0. The third-order valence-corrected chi connectivity index (χ3v) is 1.80. The Balaban J connectivity index is 3.03. The Bertz CT molecular complexity index is 400. The first-order valence-corrected chi connectivity index (χ1v) is 4.44. The number of aromatic nitrogens is 1. The lowest BCUT2D eigenvalue weighted by atomic mass is 10.2. The average Bonchev–Trinajstić information content (AvgIpc) is 2.17. The van der Waals surface area contributed by atoms with Gasteiger partial charge in [0.2, 0.25) is 0 Å². The molecule has 0 aliphatic heterocycles. The van der Waals surface area contributed by atoms with E-state index in [4.69, 9.17) is 9.84 Å². The predicted octanol–water partition coefficient (Wildman–Crippen LogP) is 1.26. The molecular weight excluding hydrogens is 198 g/mol. The fourth-order valence-corrected chi connectivity index (χ4v) is 1.10. The summed E-state index contributed by atoms with van der Waals surface area (Å²) in [7, 11) is 0. The van der Waals surface area contributed by atoms with Crippen LogP contribution < -0.4 is 0 Å². The maximum Gasteiger partial charge on any atom is 0.354 e. The Morgan fingerprint density at radius 1 is 1.47 bits per heavy atom. The summed E-state index contributed by atoms with van der Waals surface area (Å²) in [6, 6.07) is 2.69. The Morgan fingerprint density at radius 2 is 2.13 bits per heavy atom. The van der Waals surface area contributed by atoms with Gasteiger partial charge < -0.3 is 9.84 Å². The molecule has 0 radical (unpaired) electrons. The van der Waals surface area contributed by atoms with Gasteiger partial charge in [-0.25, -0.2) is 14.6 Å². The van der Waals surface area contributed by atoms with E-state index in [0.717, 1.165) is 0 Å². The summed E-state index contributed by atoms with van der Waals surface area (Å²) in [5, 5.41) is 8.66. The van der Waals surface area contributed by atoms with Crippen molar-refractivity contribution in [2.75, 3.05) is 6.61 Å². The molecule has 1 aromatic rings. The molecule has 0 aliphatic rings. The van der Waals surface area contributed by atoms with E-state index in [0.29, 0.717) is 11.3 Å². The molecule has 0 aromatic carbocycles. The van der Waals surface area contributed by atoms with Gasteiger partial charge in [-0.3, -0.25) is 0 Å². The molecule has 0 spiro atoms. The standard InChI is InChI=1S/C10H11NO4/c1-3-15-10(14)7-4-5-8(9(12)13)11-6(7)2/h4-5H,3H2,1-2H3,(H,12,13). The number of carboxylic acids is 1. The lowest BCUT2D eigenvalue weighted by Crippen LogP contribution is -2.10. The van der Waals surface area contributed by atoms with Crippen LogP contribution in [0.2, 0.25) is 0 Å². The van der Waals surface area contributed by atoms with Crippen LogP contribution in [0.15, 0.2) is 12.1 Å². The van der Waals surface area contributed by atoms with Gasteiger partial charge in [-0.05, 0) is 26.0 Å². The summed E-state index contributed by atoms with van der Waals surface area (Å²) in [4.78, 5) is 25.7. The van der Waals surface area contributed by atoms with Crippen molar-refractivity contribution < 1.29 is 19.4 Å². The highest BCUT2D eigenvalue weighted by Gasteiger charge is 2.13. The van der Waals surface area contributed by atoms with E-state index in [1.165, 1.54) is 12.1 Å². The van der Waals surface area contributed by atoms with Crippen molar-refractivity contribution >= 4 is 11.9 Å². The largest absolute Gasteiger partial charge is 0.477 e. The van der Waals surface area contributed by atoms with Gasteiger partial charge >= 0.3 is 11.9 Å². The van der Waals surface area contributed by atoms with E-state index in [1.807, 2.05) is 0 Å². The van der Waals surface area contributed by atoms with Crippen molar-refractivity contribution in [2.45, 2.75) is 13.8 Å². The molecule has 0 unspecified atom stereocenters. The minimum atomic E-state index is -1.12. The summed E-state index contributed by atoms with van der Waals surface area (Å²) in [5.74, 6) is -1.60. The Kier molecular flexibility index (Phi) is 3.38. The molecule has 1 heterocycles. The Hall–Kier alpha value is -1.91. The zero-order valence-corrected chi connectivity index (χ0v) is 8.48. The number of carboxylic acid groups (broad SMARTS) is 1. The number of ether oxygens (including phenoxy) is 1. The van der Waals surface area contributed by atoms with Crippen LogP contribution in [0, 0.1) is 6.92 Å². The molecule has 0 fully saturated rings. The van der Waals surface area contributed by atoms with Crippen LogP contribution in [0.5, 0.6) is 0 Å². The molecule has 1 rings (SSSR count). The van der Waals surface area contributed by atoms with Crippen LogP contribution in [0.3, 0.4) is 0 Å². The van der Waals surface area contributed by atoms with Gasteiger partial charge in [-0.2, -0.15) is 0 Å². The maximum absolute atomic E-state index is 11.3. The Morgan fingerprint density at radius 3 is 2.60 bits per heavy atom. The number of esters is 1. The molecule has 0 saturated carbocycles. The first-order chi connectivity index (χ1) is 7.06. The number of rotatable bonds is 3. The molecule has 5 heteroatoms. The second-order valence-corrected chi connectivity index (χ2v) is 2.86. The van der Waals surface area contributed by atoms with Crippen molar-refractivity contribution in [2.24, 2.45) is 0 Å². The predicted molar refractivity (Wildman–Crippen MR) is 51.9 cm³/mol. The summed E-state index contributed by atoms with van der Waals surface area (Å²) in [5.41, 5.74) is 0.566. The van der Waals surface area contributed by atoms with Crippen LogP contribution in [0.25, 0.3) is 0 Å². The van der Waals surface area contributed by atoms with Crippen LogP contribution in [0.4, 0.5) is 0 Å². The third-order valence-electron chi connectivity index (χ3n) is 1.80. The van der Waals surface area contributed by atoms with E-state index in [9.17, 15) is 9.59 Å². The van der Waals surface area contributed by atoms with E-state index in [-0.39, 0.29) is 12.3 Å². The first-order valence-electron chi connectivity index (χ1n) is 4.44. The van der Waals surface area contributed by atoms with Crippen molar-refractivity contribution in [3.63, 3.8) is 0 Å². The molecule has 15 heavy (non-hydrogen) atoms. The molecule has 0 bridgehead atoms. The highest BCUT2D eigenvalue weighted by molar-refractivity contribution is 5.92. The van der Waals surface area contributed by atoms with Crippen LogP contribution in [-0.4, -0.2) is 28.6 Å². The quantitative estimate of drug-likeness (QED) is 0.758. The zero-order valence-electron chi connectivity index (χ0n) is 8.48. The van der Waals surface area contributed by atoms with Gasteiger partial charge in [-0.15, -0.1) is 0 Å². The number of carbonyl (C=O) groups is 2. The van der Waals surface area contributed by atoms with Gasteiger partial charge in [0.1, 0.15) is 5.69 Å². The second-order valence-electron chi connectivity index (χ2n) is 2.86. The van der Waals surface area contributed by atoms with Gasteiger partial charge in [0.25, 0.3) is 0 Å². The minimum Gasteiger partial charge on any atom is -0.477 e.